The molecule has 0 radical (unpaired) electrons. The number of nitrogens with one attached hydrogen (secondary N) is 2. The Hall–Kier alpha value is -3.59. The van der Waals surface area contributed by atoms with Gasteiger partial charge in [-0.3, -0.25) is 10.1 Å². The van der Waals surface area contributed by atoms with E-state index in [9.17, 15) is 9.59 Å². The highest BCUT2D eigenvalue weighted by Gasteiger charge is 2.32. The third-order valence-corrected chi connectivity index (χ3v) is 5.71. The Morgan fingerprint density at radius 1 is 1.12 bits per heavy atom. The Bertz CT molecular complexity index is 1160. The molecule has 4 rings (SSSR count). The Morgan fingerprint density at radius 3 is 2.67 bits per heavy atom. The first kappa shape index (κ1) is 22.6. The van der Waals surface area contributed by atoms with E-state index in [-0.39, 0.29) is 24.7 Å². The summed E-state index contributed by atoms with van der Waals surface area (Å²) in [6, 6.07) is 15.1. The van der Waals surface area contributed by atoms with Gasteiger partial charge in [-0.25, -0.2) is 9.78 Å². The fourth-order valence-corrected chi connectivity index (χ4v) is 4.40. The van der Waals surface area contributed by atoms with Gasteiger partial charge in [0.1, 0.15) is 16.3 Å². The van der Waals surface area contributed by atoms with Crippen molar-refractivity contribution in [1.82, 2.24) is 4.98 Å². The summed E-state index contributed by atoms with van der Waals surface area (Å²) < 4.78 is 16.7. The number of carbonyl (C=O) groups excluding carboxylic acids is 2. The SMILES string of the molecule is CCOC(=O)Nc1nc(-c2ccccc2)c(NC(=O)COc2cccc3c2OC(C)(C)C3)s1. The van der Waals surface area contributed by atoms with Gasteiger partial charge in [0, 0.05) is 17.5 Å². The van der Waals surface area contributed by atoms with Gasteiger partial charge in [0.05, 0.1) is 6.61 Å². The van der Waals surface area contributed by atoms with Crippen LogP contribution in [0.25, 0.3) is 11.3 Å². The molecule has 1 aliphatic rings. The molecule has 172 valence electrons. The van der Waals surface area contributed by atoms with Crippen LogP contribution in [0.4, 0.5) is 14.9 Å². The van der Waals surface area contributed by atoms with Crippen molar-refractivity contribution in [1.29, 1.82) is 0 Å². The molecule has 8 nitrogen and oxygen atoms in total. The molecule has 0 spiro atoms. The van der Waals surface area contributed by atoms with Gasteiger partial charge in [0.25, 0.3) is 5.91 Å². The van der Waals surface area contributed by atoms with E-state index in [0.717, 1.165) is 28.9 Å². The van der Waals surface area contributed by atoms with Crippen molar-refractivity contribution in [3.05, 3.63) is 54.1 Å². The fraction of sp³-hybridized carbons (Fsp3) is 0.292. The van der Waals surface area contributed by atoms with Crippen molar-refractivity contribution < 1.29 is 23.8 Å². The van der Waals surface area contributed by atoms with Gasteiger partial charge in [-0.15, -0.1) is 0 Å². The number of amides is 2. The van der Waals surface area contributed by atoms with Crippen LogP contribution in [0.1, 0.15) is 26.3 Å². The molecule has 9 heteroatoms. The van der Waals surface area contributed by atoms with Crippen LogP contribution in [0.2, 0.25) is 0 Å². The van der Waals surface area contributed by atoms with Gasteiger partial charge in [0.15, 0.2) is 23.2 Å². The number of aromatic nitrogens is 1. The van der Waals surface area contributed by atoms with E-state index in [0.29, 0.717) is 27.3 Å². The normalized spacial score (nSPS) is 13.5. The Balaban J connectivity index is 1.48. The summed E-state index contributed by atoms with van der Waals surface area (Å²) in [6.07, 6.45) is 0.177. The van der Waals surface area contributed by atoms with Gasteiger partial charge in [-0.05, 0) is 26.8 Å². The first-order chi connectivity index (χ1) is 15.8. The summed E-state index contributed by atoms with van der Waals surface area (Å²) in [5.41, 5.74) is 2.10. The second-order valence-electron chi connectivity index (χ2n) is 8.03. The maximum Gasteiger partial charge on any atom is 0.413 e. The maximum atomic E-state index is 12.7. The highest BCUT2D eigenvalue weighted by molar-refractivity contribution is 7.20. The smallest absolute Gasteiger partial charge is 0.413 e. The number of hydrogen-bond donors (Lipinski definition) is 2. The van der Waals surface area contributed by atoms with Crippen LogP contribution in [-0.2, 0) is 16.0 Å². The van der Waals surface area contributed by atoms with E-state index in [2.05, 4.69) is 15.6 Å². The van der Waals surface area contributed by atoms with Gasteiger partial charge in [-0.2, -0.15) is 0 Å². The van der Waals surface area contributed by atoms with Crippen LogP contribution < -0.4 is 20.1 Å². The molecule has 2 N–H and O–H groups in total. The fourth-order valence-electron chi connectivity index (χ4n) is 3.51. The minimum atomic E-state index is -0.604. The van der Waals surface area contributed by atoms with Gasteiger partial charge >= 0.3 is 6.09 Å². The first-order valence-electron chi connectivity index (χ1n) is 10.6. The van der Waals surface area contributed by atoms with Crippen LogP contribution in [-0.4, -0.2) is 35.8 Å². The molecule has 0 atom stereocenters. The quantitative estimate of drug-likeness (QED) is 0.501. The third kappa shape index (κ3) is 5.43. The van der Waals surface area contributed by atoms with Crippen molar-refractivity contribution in [2.24, 2.45) is 0 Å². The van der Waals surface area contributed by atoms with Crippen molar-refractivity contribution >= 4 is 33.5 Å². The van der Waals surface area contributed by atoms with E-state index in [1.165, 1.54) is 0 Å². The summed E-state index contributed by atoms with van der Waals surface area (Å²) >= 11 is 1.14. The minimum absolute atomic E-state index is 0.201. The monoisotopic (exact) mass is 467 g/mol. The second kappa shape index (κ2) is 9.50. The topological polar surface area (TPSA) is 98.8 Å². The molecular formula is C24H25N3O5S. The molecule has 1 aromatic heterocycles. The number of anilines is 2. The number of nitrogens with zero attached hydrogens (tertiary/aromatic N) is 1. The van der Waals surface area contributed by atoms with Crippen LogP contribution >= 0.6 is 11.3 Å². The molecule has 33 heavy (non-hydrogen) atoms. The summed E-state index contributed by atoms with van der Waals surface area (Å²) in [5.74, 6) is 0.859. The molecule has 2 heterocycles. The molecule has 2 amide bonds. The molecule has 0 aliphatic carbocycles. The average molecular weight is 468 g/mol. The lowest BCUT2D eigenvalue weighted by Crippen LogP contribution is -2.25. The minimum Gasteiger partial charge on any atom is -0.483 e. The zero-order chi connectivity index (χ0) is 23.4. The molecule has 3 aromatic rings. The highest BCUT2D eigenvalue weighted by Crippen LogP contribution is 2.42. The average Bonchev–Trinajstić information content (AvgIpc) is 3.31. The lowest BCUT2D eigenvalue weighted by Gasteiger charge is -2.18. The van der Waals surface area contributed by atoms with Crippen molar-refractivity contribution in [2.75, 3.05) is 23.8 Å². The van der Waals surface area contributed by atoms with E-state index in [4.69, 9.17) is 14.2 Å². The zero-order valence-electron chi connectivity index (χ0n) is 18.6. The van der Waals surface area contributed by atoms with Crippen LogP contribution in [0.15, 0.2) is 48.5 Å². The predicted molar refractivity (Wildman–Crippen MR) is 127 cm³/mol. The molecule has 1 aliphatic heterocycles. The Morgan fingerprint density at radius 2 is 1.91 bits per heavy atom. The van der Waals surface area contributed by atoms with Gasteiger partial charge in [0.2, 0.25) is 0 Å². The molecule has 2 aromatic carbocycles. The third-order valence-electron chi connectivity index (χ3n) is 4.83. The van der Waals surface area contributed by atoms with Crippen molar-refractivity contribution in [3.8, 4) is 22.8 Å². The number of hydrogen-bond acceptors (Lipinski definition) is 7. The molecule has 0 unspecified atom stereocenters. The molecule has 0 bridgehead atoms. The van der Waals surface area contributed by atoms with Crippen LogP contribution in [0.3, 0.4) is 0 Å². The van der Waals surface area contributed by atoms with Crippen molar-refractivity contribution in [2.45, 2.75) is 32.8 Å². The molecule has 0 saturated carbocycles. The number of thiazole rings is 1. The van der Waals surface area contributed by atoms with Crippen LogP contribution in [0, 0.1) is 0 Å². The summed E-state index contributed by atoms with van der Waals surface area (Å²) in [6.45, 7) is 5.79. The summed E-state index contributed by atoms with van der Waals surface area (Å²) in [4.78, 5) is 29.0. The number of para-hydroxylation sites is 1. The number of carbonyl (C=O) groups is 2. The molecular weight excluding hydrogens is 442 g/mol. The lowest BCUT2D eigenvalue weighted by molar-refractivity contribution is -0.118. The number of fused-ring (bicyclic) bond motifs is 1. The zero-order valence-corrected chi connectivity index (χ0v) is 19.5. The number of ether oxygens (including phenoxy) is 3. The number of benzene rings is 2. The predicted octanol–water partition coefficient (Wildman–Crippen LogP) is 5.11. The number of rotatable bonds is 7. The second-order valence-corrected chi connectivity index (χ2v) is 9.03. The largest absolute Gasteiger partial charge is 0.483 e. The van der Waals surface area contributed by atoms with E-state index >= 15 is 0 Å². The lowest BCUT2D eigenvalue weighted by atomic mass is 10.0. The Kier molecular flexibility index (Phi) is 6.50. The van der Waals surface area contributed by atoms with Gasteiger partial charge < -0.3 is 19.5 Å². The summed E-state index contributed by atoms with van der Waals surface area (Å²) in [5, 5.41) is 6.25. The maximum absolute atomic E-state index is 12.7. The van der Waals surface area contributed by atoms with Crippen molar-refractivity contribution in [3.63, 3.8) is 0 Å². The molecule has 0 fully saturated rings. The first-order valence-corrected chi connectivity index (χ1v) is 11.4. The summed E-state index contributed by atoms with van der Waals surface area (Å²) in [7, 11) is 0. The highest BCUT2D eigenvalue weighted by atomic mass is 32.1. The van der Waals surface area contributed by atoms with Crippen LogP contribution in [0.5, 0.6) is 11.5 Å². The standard InChI is InChI=1S/C24H25N3O5S/c1-4-30-23(29)27-22-26-19(15-9-6-5-7-10-15)21(33-22)25-18(28)14-31-17-12-8-11-16-13-24(2,3)32-20(16)17/h5-12H,4,13-14H2,1-3H3,(H,25,28)(H,26,27,29). The Labute approximate surface area is 195 Å². The van der Waals surface area contributed by atoms with E-state index < -0.39 is 6.09 Å². The molecule has 0 saturated heterocycles. The van der Waals surface area contributed by atoms with Gasteiger partial charge in [-0.1, -0.05) is 53.8 Å². The van der Waals surface area contributed by atoms with E-state index in [1.807, 2.05) is 56.3 Å². The van der Waals surface area contributed by atoms with E-state index in [1.54, 1.807) is 13.0 Å².